The van der Waals surface area contributed by atoms with Crippen molar-refractivity contribution in [2.24, 2.45) is 0 Å². The number of hydrogen-bond donors (Lipinski definition) is 1. The van der Waals surface area contributed by atoms with Gasteiger partial charge >= 0.3 is 12.3 Å². The molecule has 1 unspecified atom stereocenters. The summed E-state index contributed by atoms with van der Waals surface area (Å²) in [6.45, 7) is -0.0572. The topological polar surface area (TPSA) is 38.3 Å². The Kier molecular flexibility index (Phi) is 1.92. The highest BCUT2D eigenvalue weighted by Gasteiger charge is 2.36. The molecular formula is C5H6F3NO2. The second-order valence-electron chi connectivity index (χ2n) is 2.23. The molecule has 0 aromatic rings. The largest absolute Gasteiger partial charge is 0.444 e. The smallest absolute Gasteiger partial charge is 0.407 e. The van der Waals surface area contributed by atoms with Gasteiger partial charge in [-0.15, -0.1) is 0 Å². The van der Waals surface area contributed by atoms with Crippen molar-refractivity contribution in [2.45, 2.75) is 18.7 Å². The molecule has 11 heavy (non-hydrogen) atoms. The molecule has 1 atom stereocenters. The van der Waals surface area contributed by atoms with Gasteiger partial charge in [0.25, 0.3) is 0 Å². The first-order chi connectivity index (χ1) is 4.97. The van der Waals surface area contributed by atoms with Crippen LogP contribution in [-0.4, -0.2) is 24.9 Å². The summed E-state index contributed by atoms with van der Waals surface area (Å²) < 4.78 is 39.1. The van der Waals surface area contributed by atoms with E-state index < -0.39 is 24.8 Å². The van der Waals surface area contributed by atoms with Gasteiger partial charge in [-0.2, -0.15) is 13.2 Å². The van der Waals surface area contributed by atoms with E-state index in [2.05, 4.69) is 10.1 Å². The van der Waals surface area contributed by atoms with Crippen molar-refractivity contribution in [2.75, 3.05) is 6.54 Å². The van der Waals surface area contributed by atoms with Gasteiger partial charge < -0.3 is 10.1 Å². The van der Waals surface area contributed by atoms with E-state index in [-0.39, 0.29) is 6.54 Å². The maximum Gasteiger partial charge on any atom is 0.407 e. The molecule has 1 saturated heterocycles. The summed E-state index contributed by atoms with van der Waals surface area (Å²) in [5.41, 5.74) is 0. The summed E-state index contributed by atoms with van der Waals surface area (Å²) in [4.78, 5) is 10.2. The Bertz CT molecular complexity index is 168. The van der Waals surface area contributed by atoms with Gasteiger partial charge in [0, 0.05) is 0 Å². The third-order valence-electron chi connectivity index (χ3n) is 1.21. The summed E-state index contributed by atoms with van der Waals surface area (Å²) in [6.07, 6.45) is -7.18. The van der Waals surface area contributed by atoms with Gasteiger partial charge in [-0.25, -0.2) is 4.79 Å². The minimum Gasteiger partial charge on any atom is -0.444 e. The van der Waals surface area contributed by atoms with Crippen molar-refractivity contribution in [3.05, 3.63) is 0 Å². The van der Waals surface area contributed by atoms with E-state index in [1.807, 2.05) is 0 Å². The van der Waals surface area contributed by atoms with E-state index in [4.69, 9.17) is 0 Å². The van der Waals surface area contributed by atoms with Crippen LogP contribution < -0.4 is 5.32 Å². The van der Waals surface area contributed by atoms with Gasteiger partial charge in [-0.3, -0.25) is 0 Å². The Labute approximate surface area is 60.5 Å². The Hall–Kier alpha value is -0.940. The van der Waals surface area contributed by atoms with Crippen LogP contribution in [0.5, 0.6) is 0 Å². The van der Waals surface area contributed by atoms with Gasteiger partial charge in [-0.1, -0.05) is 0 Å². The fraction of sp³-hybridized carbons (Fsp3) is 0.800. The lowest BCUT2D eigenvalue weighted by Crippen LogP contribution is -2.22. The highest BCUT2D eigenvalue weighted by molar-refractivity contribution is 5.69. The molecule has 1 heterocycles. The zero-order chi connectivity index (χ0) is 8.48. The van der Waals surface area contributed by atoms with Crippen LogP contribution in [0.4, 0.5) is 18.0 Å². The van der Waals surface area contributed by atoms with E-state index in [0.717, 1.165) is 0 Å². The molecule has 1 rings (SSSR count). The Balaban J connectivity index is 2.34. The molecule has 3 nitrogen and oxygen atoms in total. The van der Waals surface area contributed by atoms with E-state index >= 15 is 0 Å². The predicted octanol–water partition coefficient (Wildman–Crippen LogP) is 1.05. The molecular weight excluding hydrogens is 163 g/mol. The van der Waals surface area contributed by atoms with Crippen molar-refractivity contribution in [3.63, 3.8) is 0 Å². The number of rotatable bonds is 1. The molecule has 1 aliphatic heterocycles. The molecule has 1 amide bonds. The molecule has 6 heteroatoms. The Morgan fingerprint density at radius 2 is 2.27 bits per heavy atom. The second kappa shape index (κ2) is 2.60. The average Bonchev–Trinajstić information content (AvgIpc) is 2.10. The zero-order valence-corrected chi connectivity index (χ0v) is 5.44. The number of alkyl halides is 3. The molecule has 0 aromatic heterocycles. The number of carbonyl (C=O) groups is 1. The molecule has 1 fully saturated rings. The molecule has 1 N–H and O–H groups in total. The van der Waals surface area contributed by atoms with Gasteiger partial charge in [0.05, 0.1) is 13.0 Å². The summed E-state index contributed by atoms with van der Waals surface area (Å²) in [6, 6.07) is 0. The van der Waals surface area contributed by atoms with Crippen LogP contribution in [0.3, 0.4) is 0 Å². The summed E-state index contributed by atoms with van der Waals surface area (Å²) in [7, 11) is 0. The fourth-order valence-electron chi connectivity index (χ4n) is 0.804. The monoisotopic (exact) mass is 169 g/mol. The minimum atomic E-state index is -4.27. The van der Waals surface area contributed by atoms with Crippen LogP contribution >= 0.6 is 0 Å². The zero-order valence-electron chi connectivity index (χ0n) is 5.44. The minimum absolute atomic E-state index is 0.0572. The fourth-order valence-corrected chi connectivity index (χ4v) is 0.804. The maximum absolute atomic E-state index is 11.6. The van der Waals surface area contributed by atoms with Crippen molar-refractivity contribution in [1.29, 1.82) is 0 Å². The van der Waals surface area contributed by atoms with E-state index in [1.54, 1.807) is 0 Å². The quantitative estimate of drug-likeness (QED) is 0.637. The number of hydrogen-bond acceptors (Lipinski definition) is 2. The number of halogens is 3. The Morgan fingerprint density at radius 1 is 1.64 bits per heavy atom. The highest BCUT2D eigenvalue weighted by Crippen LogP contribution is 2.23. The first-order valence-electron chi connectivity index (χ1n) is 2.98. The summed E-state index contributed by atoms with van der Waals surface area (Å²) >= 11 is 0. The van der Waals surface area contributed by atoms with Crippen molar-refractivity contribution < 1.29 is 22.7 Å². The molecule has 0 aliphatic carbocycles. The van der Waals surface area contributed by atoms with Gasteiger partial charge in [0.15, 0.2) is 0 Å². The summed E-state index contributed by atoms with van der Waals surface area (Å²) in [5, 5.41) is 2.13. The van der Waals surface area contributed by atoms with Crippen LogP contribution in [0, 0.1) is 0 Å². The SMILES string of the molecule is O=C1NCC(CC(F)(F)F)O1. The van der Waals surface area contributed by atoms with Gasteiger partial charge in [0.2, 0.25) is 0 Å². The van der Waals surface area contributed by atoms with Crippen LogP contribution in [-0.2, 0) is 4.74 Å². The number of alkyl carbamates (subject to hydrolysis) is 1. The van der Waals surface area contributed by atoms with Crippen molar-refractivity contribution in [3.8, 4) is 0 Å². The second-order valence-corrected chi connectivity index (χ2v) is 2.23. The lowest BCUT2D eigenvalue weighted by Gasteiger charge is -2.09. The lowest BCUT2D eigenvalue weighted by molar-refractivity contribution is -0.149. The molecule has 0 radical (unpaired) electrons. The standard InChI is InChI=1S/C5H6F3NO2/c6-5(7,8)1-3-2-9-4(10)11-3/h3H,1-2H2,(H,9,10). The average molecular weight is 169 g/mol. The molecule has 64 valence electrons. The van der Waals surface area contributed by atoms with E-state index in [1.165, 1.54) is 0 Å². The molecule has 0 aromatic carbocycles. The molecule has 1 aliphatic rings. The number of carbonyl (C=O) groups excluding carboxylic acids is 1. The third kappa shape index (κ3) is 2.65. The summed E-state index contributed by atoms with van der Waals surface area (Å²) in [5.74, 6) is 0. The van der Waals surface area contributed by atoms with Crippen LogP contribution in [0.1, 0.15) is 6.42 Å². The predicted molar refractivity (Wildman–Crippen MR) is 28.9 cm³/mol. The van der Waals surface area contributed by atoms with Crippen molar-refractivity contribution >= 4 is 6.09 Å². The first kappa shape index (κ1) is 8.16. The number of cyclic esters (lactones) is 1. The first-order valence-corrected chi connectivity index (χ1v) is 2.98. The molecule has 0 bridgehead atoms. The highest BCUT2D eigenvalue weighted by atomic mass is 19.4. The van der Waals surface area contributed by atoms with Crippen LogP contribution in [0.25, 0.3) is 0 Å². The number of ether oxygens (including phenoxy) is 1. The number of amides is 1. The van der Waals surface area contributed by atoms with Crippen molar-refractivity contribution in [1.82, 2.24) is 5.32 Å². The third-order valence-corrected chi connectivity index (χ3v) is 1.21. The Morgan fingerprint density at radius 3 is 2.64 bits per heavy atom. The maximum atomic E-state index is 11.6. The van der Waals surface area contributed by atoms with E-state index in [9.17, 15) is 18.0 Å². The number of nitrogens with one attached hydrogen (secondary N) is 1. The van der Waals surface area contributed by atoms with Gasteiger partial charge in [0.1, 0.15) is 6.10 Å². The van der Waals surface area contributed by atoms with Crippen LogP contribution in [0.2, 0.25) is 0 Å². The molecule has 0 saturated carbocycles. The van der Waals surface area contributed by atoms with E-state index in [0.29, 0.717) is 0 Å². The molecule has 0 spiro atoms. The van der Waals surface area contributed by atoms with Gasteiger partial charge in [-0.05, 0) is 0 Å². The normalized spacial score (nSPS) is 24.6. The van der Waals surface area contributed by atoms with Crippen LogP contribution in [0.15, 0.2) is 0 Å². The lowest BCUT2D eigenvalue weighted by atomic mass is 10.2.